The van der Waals surface area contributed by atoms with Crippen molar-refractivity contribution >= 4 is 32.4 Å². The Hall–Kier alpha value is -3.06. The number of hydrogen-bond acceptors (Lipinski definition) is 4. The Kier molecular flexibility index (Phi) is 4.68. The van der Waals surface area contributed by atoms with E-state index < -0.39 is 16.1 Å². The number of fused-ring (bicyclic) bond motifs is 2. The second kappa shape index (κ2) is 7.16. The molecule has 4 rings (SSSR count). The predicted molar refractivity (Wildman–Crippen MR) is 109 cm³/mol. The third kappa shape index (κ3) is 3.53. The van der Waals surface area contributed by atoms with Crippen molar-refractivity contribution in [2.75, 3.05) is 17.1 Å². The van der Waals surface area contributed by atoms with Crippen LogP contribution in [-0.2, 0) is 21.4 Å². The largest absolute Gasteiger partial charge is 0.476 e. The zero-order valence-corrected chi connectivity index (χ0v) is 16.1. The molecule has 0 fully saturated rings. The summed E-state index contributed by atoms with van der Waals surface area (Å²) in [6.45, 7) is 0.276. The number of carbonyl (C=O) groups excluding carboxylic acids is 1. The first-order chi connectivity index (χ1) is 13.4. The van der Waals surface area contributed by atoms with Crippen molar-refractivity contribution in [3.05, 3.63) is 72.3 Å². The Morgan fingerprint density at radius 1 is 1.07 bits per heavy atom. The SMILES string of the molecule is CS(=O)(=O)N1C[C@H](C(=O)NCc2cccc3ccccc23)Oc2ccccc21. The van der Waals surface area contributed by atoms with Gasteiger partial charge in [-0.3, -0.25) is 9.10 Å². The molecule has 1 amide bonds. The number of benzene rings is 3. The van der Waals surface area contributed by atoms with E-state index >= 15 is 0 Å². The average molecular weight is 396 g/mol. The topological polar surface area (TPSA) is 75.7 Å². The molecule has 1 aliphatic heterocycles. The summed E-state index contributed by atoms with van der Waals surface area (Å²) < 4.78 is 31.4. The van der Waals surface area contributed by atoms with E-state index in [9.17, 15) is 13.2 Å². The number of para-hydroxylation sites is 2. The third-order valence-corrected chi connectivity index (χ3v) is 5.91. The monoisotopic (exact) mass is 396 g/mol. The number of nitrogens with one attached hydrogen (secondary N) is 1. The molecule has 0 aliphatic carbocycles. The lowest BCUT2D eigenvalue weighted by Gasteiger charge is -2.33. The first-order valence-electron chi connectivity index (χ1n) is 8.91. The molecule has 0 radical (unpaired) electrons. The van der Waals surface area contributed by atoms with Crippen LogP contribution in [0.4, 0.5) is 5.69 Å². The van der Waals surface area contributed by atoms with Gasteiger partial charge in [0, 0.05) is 6.54 Å². The molecular weight excluding hydrogens is 376 g/mol. The number of ether oxygens (including phenoxy) is 1. The van der Waals surface area contributed by atoms with Gasteiger partial charge in [-0.1, -0.05) is 54.6 Å². The minimum Gasteiger partial charge on any atom is -0.476 e. The normalized spacial score (nSPS) is 16.3. The van der Waals surface area contributed by atoms with Crippen LogP contribution in [0, 0.1) is 0 Å². The highest BCUT2D eigenvalue weighted by Crippen LogP contribution is 2.34. The highest BCUT2D eigenvalue weighted by Gasteiger charge is 2.34. The molecule has 3 aromatic rings. The lowest BCUT2D eigenvalue weighted by Crippen LogP contribution is -2.50. The van der Waals surface area contributed by atoms with E-state index in [-0.39, 0.29) is 12.5 Å². The Balaban J connectivity index is 1.54. The maximum absolute atomic E-state index is 12.7. The Morgan fingerprint density at radius 2 is 1.79 bits per heavy atom. The fraction of sp³-hybridized carbons (Fsp3) is 0.190. The second-order valence-electron chi connectivity index (χ2n) is 6.72. The first kappa shape index (κ1) is 18.3. The van der Waals surface area contributed by atoms with Crippen LogP contribution >= 0.6 is 0 Å². The summed E-state index contributed by atoms with van der Waals surface area (Å²) >= 11 is 0. The van der Waals surface area contributed by atoms with Gasteiger partial charge >= 0.3 is 0 Å². The van der Waals surface area contributed by atoms with Crippen molar-refractivity contribution in [1.82, 2.24) is 5.32 Å². The zero-order chi connectivity index (χ0) is 19.7. The number of anilines is 1. The van der Waals surface area contributed by atoms with Gasteiger partial charge in [0.05, 0.1) is 18.5 Å². The van der Waals surface area contributed by atoms with Gasteiger partial charge in [0.1, 0.15) is 5.75 Å². The van der Waals surface area contributed by atoms with Gasteiger partial charge in [0.2, 0.25) is 10.0 Å². The summed E-state index contributed by atoms with van der Waals surface area (Å²) in [7, 11) is -3.53. The zero-order valence-electron chi connectivity index (χ0n) is 15.3. The summed E-state index contributed by atoms with van der Waals surface area (Å²) in [5.41, 5.74) is 1.44. The van der Waals surface area contributed by atoms with Crippen LogP contribution in [0.2, 0.25) is 0 Å². The molecule has 6 nitrogen and oxygen atoms in total. The maximum Gasteiger partial charge on any atom is 0.263 e. The lowest BCUT2D eigenvalue weighted by molar-refractivity contribution is -0.127. The van der Waals surface area contributed by atoms with Crippen molar-refractivity contribution in [3.63, 3.8) is 0 Å². The molecule has 0 unspecified atom stereocenters. The maximum atomic E-state index is 12.7. The molecule has 0 saturated heterocycles. The number of rotatable bonds is 4. The molecule has 1 aliphatic rings. The molecule has 0 spiro atoms. The summed E-state index contributed by atoms with van der Waals surface area (Å²) in [4.78, 5) is 12.7. The second-order valence-corrected chi connectivity index (χ2v) is 8.63. The lowest BCUT2D eigenvalue weighted by atomic mass is 10.0. The van der Waals surface area contributed by atoms with Crippen LogP contribution < -0.4 is 14.4 Å². The molecular formula is C21H20N2O4S. The molecule has 1 N–H and O–H groups in total. The van der Waals surface area contributed by atoms with Gasteiger partial charge in [0.25, 0.3) is 5.91 Å². The minimum atomic E-state index is -3.53. The van der Waals surface area contributed by atoms with Crippen molar-refractivity contribution in [2.24, 2.45) is 0 Å². The number of carbonyl (C=O) groups is 1. The van der Waals surface area contributed by atoms with Gasteiger partial charge in [-0.25, -0.2) is 8.42 Å². The van der Waals surface area contributed by atoms with Crippen LogP contribution in [0.5, 0.6) is 5.75 Å². The van der Waals surface area contributed by atoms with Gasteiger partial charge in [-0.2, -0.15) is 0 Å². The molecule has 0 bridgehead atoms. The molecule has 28 heavy (non-hydrogen) atoms. The standard InChI is InChI=1S/C21H20N2O4S/c1-28(25,26)23-14-20(27-19-12-5-4-11-18(19)23)21(24)22-13-16-9-6-8-15-7-2-3-10-17(15)16/h2-12,20H,13-14H2,1H3,(H,22,24)/t20-/m1/s1. The van der Waals surface area contributed by atoms with E-state index in [2.05, 4.69) is 5.32 Å². The van der Waals surface area contributed by atoms with Crippen molar-refractivity contribution in [1.29, 1.82) is 0 Å². The van der Waals surface area contributed by atoms with E-state index in [1.54, 1.807) is 24.3 Å². The number of hydrogen-bond donors (Lipinski definition) is 1. The number of nitrogens with zero attached hydrogens (tertiary/aromatic N) is 1. The van der Waals surface area contributed by atoms with Gasteiger partial charge in [-0.15, -0.1) is 0 Å². The quantitative estimate of drug-likeness (QED) is 0.736. The Bertz CT molecular complexity index is 1140. The predicted octanol–water partition coefficient (Wildman–Crippen LogP) is 2.68. The van der Waals surface area contributed by atoms with Gasteiger partial charge < -0.3 is 10.1 Å². The van der Waals surface area contributed by atoms with Gasteiger partial charge in [-0.05, 0) is 28.5 Å². The van der Waals surface area contributed by atoms with E-state index in [1.807, 2.05) is 42.5 Å². The first-order valence-corrected chi connectivity index (χ1v) is 10.8. The summed E-state index contributed by atoms with van der Waals surface area (Å²) in [6.07, 6.45) is 0.208. The molecule has 7 heteroatoms. The molecule has 0 saturated carbocycles. The van der Waals surface area contributed by atoms with Crippen molar-refractivity contribution < 1.29 is 17.9 Å². The van der Waals surface area contributed by atoms with E-state index in [4.69, 9.17) is 4.74 Å². The number of amides is 1. The van der Waals surface area contributed by atoms with E-state index in [1.165, 1.54) is 4.31 Å². The fourth-order valence-corrected chi connectivity index (χ4v) is 4.31. The van der Waals surface area contributed by atoms with Crippen LogP contribution in [0.1, 0.15) is 5.56 Å². The van der Waals surface area contributed by atoms with Gasteiger partial charge in [0.15, 0.2) is 6.10 Å². The molecule has 1 atom stereocenters. The summed E-state index contributed by atoms with van der Waals surface area (Å²) in [5, 5.41) is 5.04. The summed E-state index contributed by atoms with van der Waals surface area (Å²) in [5.74, 6) is 0.0283. The van der Waals surface area contributed by atoms with E-state index in [0.717, 1.165) is 22.6 Å². The van der Waals surface area contributed by atoms with Crippen LogP contribution in [0.3, 0.4) is 0 Å². The highest BCUT2D eigenvalue weighted by atomic mass is 32.2. The van der Waals surface area contributed by atoms with E-state index in [0.29, 0.717) is 18.0 Å². The highest BCUT2D eigenvalue weighted by molar-refractivity contribution is 7.92. The summed E-state index contributed by atoms with van der Waals surface area (Å²) in [6, 6.07) is 20.7. The average Bonchev–Trinajstić information content (AvgIpc) is 2.70. The minimum absolute atomic E-state index is 0.0583. The van der Waals surface area contributed by atoms with Crippen LogP contribution in [-0.4, -0.2) is 33.2 Å². The van der Waals surface area contributed by atoms with Crippen LogP contribution in [0.15, 0.2) is 66.7 Å². The molecule has 1 heterocycles. The smallest absolute Gasteiger partial charge is 0.263 e. The van der Waals surface area contributed by atoms with Crippen molar-refractivity contribution in [3.8, 4) is 5.75 Å². The molecule has 0 aromatic heterocycles. The van der Waals surface area contributed by atoms with Crippen LogP contribution in [0.25, 0.3) is 10.8 Å². The Labute approximate surface area is 163 Å². The number of sulfonamides is 1. The Morgan fingerprint density at radius 3 is 2.61 bits per heavy atom. The molecule has 3 aromatic carbocycles. The molecule has 144 valence electrons. The fourth-order valence-electron chi connectivity index (χ4n) is 3.40. The third-order valence-electron chi connectivity index (χ3n) is 4.76. The van der Waals surface area contributed by atoms with Crippen molar-refractivity contribution in [2.45, 2.75) is 12.6 Å².